The molecule has 1 aromatic carbocycles. The van der Waals surface area contributed by atoms with Crippen LogP contribution >= 0.6 is 0 Å². The Morgan fingerprint density at radius 2 is 1.78 bits per heavy atom. The van der Waals surface area contributed by atoms with Crippen molar-refractivity contribution in [1.29, 1.82) is 0 Å². The number of rotatable bonds is 4. The Kier molecular flexibility index (Phi) is 4.65. The van der Waals surface area contributed by atoms with Gasteiger partial charge in [0.05, 0.1) is 6.10 Å². The van der Waals surface area contributed by atoms with Gasteiger partial charge < -0.3 is 10.0 Å². The van der Waals surface area contributed by atoms with Gasteiger partial charge in [-0.25, -0.2) is 0 Å². The number of aliphatic hydroxyl groups excluding tert-OH is 1. The van der Waals surface area contributed by atoms with Crippen molar-refractivity contribution in [3.05, 3.63) is 29.8 Å². The van der Waals surface area contributed by atoms with Gasteiger partial charge in [0.25, 0.3) is 0 Å². The van der Waals surface area contributed by atoms with E-state index in [0.29, 0.717) is 0 Å². The largest absolute Gasteiger partial charge is 0.388 e. The minimum absolute atomic E-state index is 0.315. The van der Waals surface area contributed by atoms with Crippen molar-refractivity contribution in [2.24, 2.45) is 5.92 Å². The maximum absolute atomic E-state index is 9.78. The molecule has 1 atom stereocenters. The molecule has 1 saturated heterocycles. The number of hydrogen-bond acceptors (Lipinski definition) is 2. The molecule has 0 radical (unpaired) electrons. The summed E-state index contributed by atoms with van der Waals surface area (Å²) in [5.74, 6) is 0.919. The fourth-order valence-electron chi connectivity index (χ4n) is 2.74. The smallest absolute Gasteiger partial charge is 0.0787 e. The van der Waals surface area contributed by atoms with Crippen molar-refractivity contribution >= 4 is 5.69 Å². The third kappa shape index (κ3) is 3.05. The average Bonchev–Trinajstić information content (AvgIpc) is 2.47. The van der Waals surface area contributed by atoms with E-state index in [9.17, 15) is 5.11 Å². The van der Waals surface area contributed by atoms with Gasteiger partial charge in [-0.05, 0) is 42.9 Å². The second-order valence-electron chi connectivity index (χ2n) is 5.35. The lowest BCUT2D eigenvalue weighted by Crippen LogP contribution is -2.33. The molecule has 2 heteroatoms. The van der Waals surface area contributed by atoms with Crippen LogP contribution in [0.1, 0.15) is 51.2 Å². The first-order valence-corrected chi connectivity index (χ1v) is 7.27. The van der Waals surface area contributed by atoms with Gasteiger partial charge in [-0.15, -0.1) is 0 Å². The molecule has 1 fully saturated rings. The Hall–Kier alpha value is -1.02. The number of hydrogen-bond donors (Lipinski definition) is 1. The third-order valence-corrected chi connectivity index (χ3v) is 4.22. The van der Waals surface area contributed by atoms with Crippen LogP contribution in [0.2, 0.25) is 0 Å². The van der Waals surface area contributed by atoms with Gasteiger partial charge in [-0.2, -0.15) is 0 Å². The van der Waals surface area contributed by atoms with Crippen molar-refractivity contribution in [1.82, 2.24) is 0 Å². The number of nitrogens with zero attached hydrogens (tertiary/aromatic N) is 1. The quantitative estimate of drug-likeness (QED) is 0.875. The molecule has 0 spiro atoms. The summed E-state index contributed by atoms with van der Waals surface area (Å²) in [6, 6.07) is 8.44. The van der Waals surface area contributed by atoms with E-state index < -0.39 is 0 Å². The van der Waals surface area contributed by atoms with Gasteiger partial charge >= 0.3 is 0 Å². The standard InChI is InChI=1S/C16H25NO/c1-3-13-9-11-17(12-10-13)15-7-5-14(6-8-15)16(18)4-2/h5-8,13,16,18H,3-4,9-12H2,1-2H3/t16-/m0/s1. The lowest BCUT2D eigenvalue weighted by molar-refractivity contribution is 0.173. The van der Waals surface area contributed by atoms with E-state index in [1.807, 2.05) is 6.92 Å². The molecular formula is C16H25NO. The molecule has 0 unspecified atom stereocenters. The van der Waals surface area contributed by atoms with Crippen molar-refractivity contribution < 1.29 is 5.11 Å². The highest BCUT2D eigenvalue weighted by Gasteiger charge is 2.18. The number of aliphatic hydroxyl groups is 1. The van der Waals surface area contributed by atoms with Crippen LogP contribution in [0.15, 0.2) is 24.3 Å². The van der Waals surface area contributed by atoms with E-state index in [0.717, 1.165) is 17.9 Å². The second-order valence-corrected chi connectivity index (χ2v) is 5.35. The van der Waals surface area contributed by atoms with E-state index in [4.69, 9.17) is 0 Å². The van der Waals surface area contributed by atoms with E-state index in [1.165, 1.54) is 38.0 Å². The predicted molar refractivity (Wildman–Crippen MR) is 76.9 cm³/mol. The number of anilines is 1. The van der Waals surface area contributed by atoms with Crippen LogP contribution in [0.5, 0.6) is 0 Å². The summed E-state index contributed by atoms with van der Waals surface area (Å²) in [6.45, 7) is 6.65. The van der Waals surface area contributed by atoms with E-state index in [1.54, 1.807) is 0 Å². The molecule has 0 aliphatic carbocycles. The molecule has 2 nitrogen and oxygen atoms in total. The second kappa shape index (κ2) is 6.24. The molecule has 0 saturated carbocycles. The summed E-state index contributed by atoms with van der Waals surface area (Å²) in [5.41, 5.74) is 2.33. The lowest BCUT2D eigenvalue weighted by Gasteiger charge is -2.33. The molecule has 0 amide bonds. The molecule has 18 heavy (non-hydrogen) atoms. The zero-order valence-electron chi connectivity index (χ0n) is 11.6. The Bertz CT molecular complexity index is 352. The zero-order valence-corrected chi connectivity index (χ0v) is 11.6. The van der Waals surface area contributed by atoms with Gasteiger partial charge in [0.15, 0.2) is 0 Å². The minimum Gasteiger partial charge on any atom is -0.388 e. The van der Waals surface area contributed by atoms with Crippen molar-refractivity contribution in [3.63, 3.8) is 0 Å². The van der Waals surface area contributed by atoms with Crippen LogP contribution in [0.3, 0.4) is 0 Å². The zero-order chi connectivity index (χ0) is 13.0. The summed E-state index contributed by atoms with van der Waals surface area (Å²) in [5, 5.41) is 9.78. The normalized spacial score (nSPS) is 18.9. The van der Waals surface area contributed by atoms with Gasteiger partial charge in [0.2, 0.25) is 0 Å². The summed E-state index contributed by atoms with van der Waals surface area (Å²) < 4.78 is 0. The van der Waals surface area contributed by atoms with Crippen molar-refractivity contribution in [2.45, 2.75) is 45.6 Å². The average molecular weight is 247 g/mol. The lowest BCUT2D eigenvalue weighted by atomic mass is 9.94. The summed E-state index contributed by atoms with van der Waals surface area (Å²) in [6.07, 6.45) is 4.41. The van der Waals surface area contributed by atoms with E-state index in [2.05, 4.69) is 36.1 Å². The first-order chi connectivity index (χ1) is 8.74. The Morgan fingerprint density at radius 1 is 1.17 bits per heavy atom. The van der Waals surface area contributed by atoms with Crippen LogP contribution in [0.4, 0.5) is 5.69 Å². The van der Waals surface area contributed by atoms with Gasteiger partial charge in [0, 0.05) is 18.8 Å². The van der Waals surface area contributed by atoms with Crippen LogP contribution in [0, 0.1) is 5.92 Å². The molecule has 1 N–H and O–H groups in total. The highest BCUT2D eigenvalue weighted by Crippen LogP contribution is 2.26. The monoisotopic (exact) mass is 247 g/mol. The highest BCUT2D eigenvalue weighted by molar-refractivity contribution is 5.48. The SMILES string of the molecule is CCC1CCN(c2ccc([C@@H](O)CC)cc2)CC1. The molecule has 1 heterocycles. The maximum atomic E-state index is 9.78. The van der Waals surface area contributed by atoms with Gasteiger partial charge in [-0.3, -0.25) is 0 Å². The van der Waals surface area contributed by atoms with Crippen molar-refractivity contribution in [3.8, 4) is 0 Å². The molecule has 1 aromatic rings. The van der Waals surface area contributed by atoms with E-state index >= 15 is 0 Å². The van der Waals surface area contributed by atoms with Crippen LogP contribution in [-0.4, -0.2) is 18.2 Å². The van der Waals surface area contributed by atoms with Crippen LogP contribution < -0.4 is 4.90 Å². The Balaban J connectivity index is 1.98. The van der Waals surface area contributed by atoms with Gasteiger partial charge in [-0.1, -0.05) is 32.4 Å². The minimum atomic E-state index is -0.315. The first kappa shape index (κ1) is 13.4. The summed E-state index contributed by atoms with van der Waals surface area (Å²) in [4.78, 5) is 2.47. The molecule has 0 bridgehead atoms. The fourth-order valence-corrected chi connectivity index (χ4v) is 2.74. The highest BCUT2D eigenvalue weighted by atomic mass is 16.3. The number of piperidine rings is 1. The van der Waals surface area contributed by atoms with Crippen LogP contribution in [-0.2, 0) is 0 Å². The molecule has 0 aromatic heterocycles. The molecule has 1 aliphatic rings. The molecule has 100 valence electrons. The van der Waals surface area contributed by atoms with E-state index in [-0.39, 0.29) is 6.10 Å². The summed E-state index contributed by atoms with van der Waals surface area (Å²) >= 11 is 0. The Morgan fingerprint density at radius 3 is 2.28 bits per heavy atom. The predicted octanol–water partition coefficient (Wildman–Crippen LogP) is 3.76. The molecular weight excluding hydrogens is 222 g/mol. The van der Waals surface area contributed by atoms with Gasteiger partial charge in [0.1, 0.15) is 0 Å². The molecule has 2 rings (SSSR count). The summed E-state index contributed by atoms with van der Waals surface area (Å²) in [7, 11) is 0. The van der Waals surface area contributed by atoms with Crippen LogP contribution in [0.25, 0.3) is 0 Å². The molecule has 1 aliphatic heterocycles. The van der Waals surface area contributed by atoms with Crippen molar-refractivity contribution in [2.75, 3.05) is 18.0 Å². The number of benzene rings is 1. The third-order valence-electron chi connectivity index (χ3n) is 4.22. The first-order valence-electron chi connectivity index (χ1n) is 7.27. The Labute approximate surface area is 111 Å². The fraction of sp³-hybridized carbons (Fsp3) is 0.625. The topological polar surface area (TPSA) is 23.5 Å². The maximum Gasteiger partial charge on any atom is 0.0787 e.